The lowest BCUT2D eigenvalue weighted by atomic mass is 10.0. The molecule has 182 valence electrons. The SMILES string of the molecule is CC(C)c1ccc(S(=O)(=O)C(c2ccc(C(=O)O)cc2)c2cc3cc(C(F)(F)F)ncc3[nH]2)cc1. The summed E-state index contributed by atoms with van der Waals surface area (Å²) in [6, 6.07) is 14.0. The molecule has 0 fully saturated rings. The topological polar surface area (TPSA) is 100 Å². The zero-order valence-electron chi connectivity index (χ0n) is 18.7. The lowest BCUT2D eigenvalue weighted by Crippen LogP contribution is -2.16. The molecule has 0 amide bonds. The summed E-state index contributed by atoms with van der Waals surface area (Å²) < 4.78 is 67.0. The number of nitrogens with zero attached hydrogens (tertiary/aromatic N) is 1. The lowest BCUT2D eigenvalue weighted by molar-refractivity contribution is -0.141. The number of aromatic carboxylic acids is 1. The molecule has 0 spiro atoms. The highest BCUT2D eigenvalue weighted by molar-refractivity contribution is 7.91. The van der Waals surface area contributed by atoms with Crippen molar-refractivity contribution in [3.8, 4) is 0 Å². The molecule has 4 aromatic rings. The van der Waals surface area contributed by atoms with Crippen molar-refractivity contribution in [2.75, 3.05) is 0 Å². The van der Waals surface area contributed by atoms with Crippen molar-refractivity contribution in [3.63, 3.8) is 0 Å². The van der Waals surface area contributed by atoms with Crippen LogP contribution >= 0.6 is 0 Å². The van der Waals surface area contributed by atoms with Crippen LogP contribution in [-0.4, -0.2) is 29.5 Å². The highest BCUT2D eigenvalue weighted by Crippen LogP contribution is 2.37. The van der Waals surface area contributed by atoms with Gasteiger partial charge in [-0.1, -0.05) is 38.1 Å². The van der Waals surface area contributed by atoms with Crippen LogP contribution in [0.15, 0.2) is 71.8 Å². The minimum atomic E-state index is -4.65. The van der Waals surface area contributed by atoms with Gasteiger partial charge >= 0.3 is 12.1 Å². The first-order valence-corrected chi connectivity index (χ1v) is 12.2. The zero-order chi connectivity index (χ0) is 25.5. The van der Waals surface area contributed by atoms with Gasteiger partial charge in [0.05, 0.1) is 22.2 Å². The number of aromatic amines is 1. The van der Waals surface area contributed by atoms with Crippen molar-refractivity contribution in [2.24, 2.45) is 0 Å². The molecule has 2 aromatic heterocycles. The van der Waals surface area contributed by atoms with Crippen molar-refractivity contribution in [3.05, 3.63) is 94.9 Å². The van der Waals surface area contributed by atoms with Crippen LogP contribution in [-0.2, 0) is 16.0 Å². The van der Waals surface area contributed by atoms with Crippen LogP contribution in [0, 0.1) is 0 Å². The maximum atomic E-state index is 13.8. The second-order valence-electron chi connectivity index (χ2n) is 8.46. The third kappa shape index (κ3) is 4.79. The summed E-state index contributed by atoms with van der Waals surface area (Å²) >= 11 is 0. The van der Waals surface area contributed by atoms with E-state index in [0.717, 1.165) is 17.8 Å². The molecule has 6 nitrogen and oxygen atoms in total. The summed E-state index contributed by atoms with van der Waals surface area (Å²) in [6.45, 7) is 3.95. The Balaban J connectivity index is 1.88. The summed E-state index contributed by atoms with van der Waals surface area (Å²) in [4.78, 5) is 17.6. The van der Waals surface area contributed by atoms with Crippen molar-refractivity contribution in [1.29, 1.82) is 0 Å². The van der Waals surface area contributed by atoms with E-state index >= 15 is 0 Å². The van der Waals surface area contributed by atoms with Crippen LogP contribution < -0.4 is 0 Å². The normalized spacial score (nSPS) is 13.3. The molecule has 4 rings (SSSR count). The number of alkyl halides is 3. The number of hydrogen-bond acceptors (Lipinski definition) is 4. The number of sulfone groups is 1. The van der Waals surface area contributed by atoms with E-state index < -0.39 is 32.9 Å². The maximum Gasteiger partial charge on any atom is 0.433 e. The lowest BCUT2D eigenvalue weighted by Gasteiger charge is -2.18. The van der Waals surface area contributed by atoms with Gasteiger partial charge in [0.25, 0.3) is 0 Å². The molecule has 2 N–H and O–H groups in total. The number of halogens is 3. The van der Waals surface area contributed by atoms with Crippen LogP contribution in [0.4, 0.5) is 13.2 Å². The number of hydrogen-bond donors (Lipinski definition) is 2. The average molecular weight is 503 g/mol. The minimum Gasteiger partial charge on any atom is -0.478 e. The highest BCUT2D eigenvalue weighted by Gasteiger charge is 2.35. The zero-order valence-corrected chi connectivity index (χ0v) is 19.5. The molecular weight excluding hydrogens is 481 g/mol. The van der Waals surface area contributed by atoms with Gasteiger partial charge in [0.2, 0.25) is 0 Å². The molecule has 0 radical (unpaired) electrons. The van der Waals surface area contributed by atoms with Gasteiger partial charge < -0.3 is 10.1 Å². The number of H-pyrrole nitrogens is 1. The van der Waals surface area contributed by atoms with Gasteiger partial charge in [-0.2, -0.15) is 13.2 Å². The molecule has 1 unspecified atom stereocenters. The van der Waals surface area contributed by atoms with E-state index in [2.05, 4.69) is 9.97 Å². The summed E-state index contributed by atoms with van der Waals surface area (Å²) in [7, 11) is -4.09. The van der Waals surface area contributed by atoms with E-state index in [1.807, 2.05) is 13.8 Å². The Bertz CT molecular complexity index is 1490. The molecule has 10 heteroatoms. The highest BCUT2D eigenvalue weighted by atomic mass is 32.2. The molecule has 0 bridgehead atoms. The second kappa shape index (κ2) is 8.84. The van der Waals surface area contributed by atoms with E-state index in [0.29, 0.717) is 0 Å². The van der Waals surface area contributed by atoms with Crippen LogP contribution in [0.1, 0.15) is 57.9 Å². The molecule has 0 aliphatic heterocycles. The number of rotatable bonds is 6. The molecular formula is C25H21F3N2O4S. The monoisotopic (exact) mass is 502 g/mol. The number of aromatic nitrogens is 2. The summed E-state index contributed by atoms with van der Waals surface area (Å²) in [6.07, 6.45) is -3.64. The minimum absolute atomic E-state index is 0.0261. The predicted octanol–water partition coefficient (Wildman–Crippen LogP) is 5.97. The standard InChI is InChI=1S/C25H21F3N2O4S/c1-14(2)15-7-9-19(10-8-15)35(33,34)23(16-3-5-17(6-4-16)24(31)32)20-11-18-12-22(25(26,27)28)29-13-21(18)30-20/h3-14,23,30H,1-2H3,(H,31,32). The molecule has 0 saturated carbocycles. The third-order valence-corrected chi connectivity index (χ3v) is 7.82. The number of nitrogens with one attached hydrogen (secondary N) is 1. The maximum absolute atomic E-state index is 13.8. The second-order valence-corrected chi connectivity index (χ2v) is 10.5. The number of carboxylic acids is 1. The van der Waals surface area contributed by atoms with E-state index in [9.17, 15) is 31.5 Å². The van der Waals surface area contributed by atoms with Gasteiger partial charge in [0.15, 0.2) is 9.84 Å². The fourth-order valence-electron chi connectivity index (χ4n) is 3.86. The smallest absolute Gasteiger partial charge is 0.433 e. The van der Waals surface area contributed by atoms with Crippen molar-refractivity contribution in [1.82, 2.24) is 9.97 Å². The number of fused-ring (bicyclic) bond motifs is 1. The van der Waals surface area contributed by atoms with E-state index in [4.69, 9.17) is 0 Å². The van der Waals surface area contributed by atoms with Crippen molar-refractivity contribution in [2.45, 2.75) is 36.1 Å². The first-order valence-electron chi connectivity index (χ1n) is 10.6. The number of benzene rings is 2. The Kier molecular flexibility index (Phi) is 6.18. The fraction of sp³-hybridized carbons (Fsp3) is 0.200. The average Bonchev–Trinajstić information content (AvgIpc) is 3.21. The Hall–Kier alpha value is -3.66. The van der Waals surface area contributed by atoms with Crippen LogP contribution in [0.25, 0.3) is 10.9 Å². The van der Waals surface area contributed by atoms with Crippen molar-refractivity contribution < 1.29 is 31.5 Å². The number of pyridine rings is 1. The Morgan fingerprint density at radius 2 is 1.57 bits per heavy atom. The van der Waals surface area contributed by atoms with Gasteiger partial charge in [0, 0.05) is 11.1 Å². The quantitative estimate of drug-likeness (QED) is 0.339. The van der Waals surface area contributed by atoms with Gasteiger partial charge in [0.1, 0.15) is 10.9 Å². The molecule has 0 aliphatic rings. The Morgan fingerprint density at radius 1 is 0.971 bits per heavy atom. The van der Waals surface area contributed by atoms with Gasteiger partial charge in [-0.15, -0.1) is 0 Å². The van der Waals surface area contributed by atoms with Crippen LogP contribution in [0.5, 0.6) is 0 Å². The van der Waals surface area contributed by atoms with Crippen LogP contribution in [0.3, 0.4) is 0 Å². The Morgan fingerprint density at radius 3 is 2.11 bits per heavy atom. The van der Waals surface area contributed by atoms with Gasteiger partial charge in [-0.05, 0) is 53.4 Å². The number of carboxylic acid groups (broad SMARTS) is 1. The molecule has 2 aromatic carbocycles. The van der Waals surface area contributed by atoms with Crippen molar-refractivity contribution >= 4 is 26.7 Å². The molecule has 1 atom stereocenters. The third-order valence-electron chi connectivity index (χ3n) is 5.74. The first-order chi connectivity index (χ1) is 16.4. The van der Waals surface area contributed by atoms with Gasteiger partial charge in [-0.3, -0.25) is 0 Å². The van der Waals surface area contributed by atoms with E-state index in [1.54, 1.807) is 12.1 Å². The fourth-order valence-corrected chi connectivity index (χ4v) is 5.62. The number of carbonyl (C=O) groups is 1. The summed E-state index contributed by atoms with van der Waals surface area (Å²) in [5.74, 6) is -0.980. The molecule has 0 saturated heterocycles. The van der Waals surface area contributed by atoms with E-state index in [1.165, 1.54) is 42.5 Å². The largest absolute Gasteiger partial charge is 0.478 e. The molecule has 35 heavy (non-hydrogen) atoms. The van der Waals surface area contributed by atoms with Gasteiger partial charge in [-0.25, -0.2) is 18.2 Å². The summed E-state index contributed by atoms with van der Waals surface area (Å²) in [5.41, 5.74) is 0.468. The first kappa shape index (κ1) is 24.5. The predicted molar refractivity (Wildman–Crippen MR) is 124 cm³/mol. The molecule has 2 heterocycles. The summed E-state index contributed by atoms with van der Waals surface area (Å²) in [5, 5.41) is 8.03. The Labute approximate surface area is 199 Å². The molecule has 0 aliphatic carbocycles. The van der Waals surface area contributed by atoms with E-state index in [-0.39, 0.29) is 38.5 Å². The van der Waals surface area contributed by atoms with Crippen LogP contribution in [0.2, 0.25) is 0 Å².